The lowest BCUT2D eigenvalue weighted by molar-refractivity contribution is 0.803. The molecule has 0 aliphatic rings. The van der Waals surface area contributed by atoms with Crippen LogP contribution in [-0.2, 0) is 0 Å². The Labute approximate surface area is 129 Å². The maximum Gasteiger partial charge on any atom is 0.266 e. The van der Waals surface area contributed by atoms with Gasteiger partial charge in [0.15, 0.2) is 0 Å². The van der Waals surface area contributed by atoms with Gasteiger partial charge in [-0.3, -0.25) is 4.79 Å². The predicted octanol–water partition coefficient (Wildman–Crippen LogP) is 4.11. The van der Waals surface area contributed by atoms with Crippen molar-refractivity contribution in [3.63, 3.8) is 0 Å². The number of nitrogens with zero attached hydrogens (tertiary/aromatic N) is 1. The van der Waals surface area contributed by atoms with Crippen molar-refractivity contribution < 1.29 is 0 Å². The quantitative estimate of drug-likeness (QED) is 0.849. The predicted molar refractivity (Wildman–Crippen MR) is 87.6 cm³/mol. The lowest BCUT2D eigenvalue weighted by Crippen LogP contribution is -2.12. The zero-order valence-electron chi connectivity index (χ0n) is 12.7. The molecule has 0 spiro atoms. The van der Waals surface area contributed by atoms with Crippen LogP contribution >= 0.6 is 11.8 Å². The summed E-state index contributed by atoms with van der Waals surface area (Å²) in [6.07, 6.45) is 0. The number of benzene rings is 1. The lowest BCUT2D eigenvalue weighted by atomic mass is 10.0. The van der Waals surface area contributed by atoms with Crippen molar-refractivity contribution in [2.45, 2.75) is 37.3 Å². The molecule has 1 aromatic carbocycles. The summed E-state index contributed by atoms with van der Waals surface area (Å²) < 4.78 is 0.153. The molecule has 0 unspecified atom stereocenters. The highest BCUT2D eigenvalue weighted by Crippen LogP contribution is 2.33. The minimum atomic E-state index is -0.333. The monoisotopic (exact) mass is 298 g/mol. The van der Waals surface area contributed by atoms with Gasteiger partial charge in [0.2, 0.25) is 0 Å². The molecule has 2 aromatic rings. The van der Waals surface area contributed by atoms with Gasteiger partial charge in [0.05, 0.1) is 0 Å². The first-order valence-corrected chi connectivity index (χ1v) is 7.55. The van der Waals surface area contributed by atoms with Crippen LogP contribution in [-0.4, -0.2) is 9.73 Å². The first kappa shape index (κ1) is 15.4. The average molecular weight is 298 g/mol. The highest BCUT2D eigenvalue weighted by Gasteiger charge is 2.13. The topological polar surface area (TPSA) is 56.6 Å². The fourth-order valence-electron chi connectivity index (χ4n) is 2.08. The Kier molecular flexibility index (Phi) is 4.24. The van der Waals surface area contributed by atoms with Gasteiger partial charge in [-0.05, 0) is 30.7 Å². The molecule has 0 aliphatic carbocycles. The molecule has 0 fully saturated rings. The van der Waals surface area contributed by atoms with Gasteiger partial charge in [-0.1, -0.05) is 32.9 Å². The largest absolute Gasteiger partial charge is 0.325 e. The van der Waals surface area contributed by atoms with Crippen LogP contribution in [0.4, 0.5) is 0 Å². The maximum atomic E-state index is 11.8. The Balaban J connectivity index is 2.45. The number of aryl methyl sites for hydroxylation is 1. The highest BCUT2D eigenvalue weighted by molar-refractivity contribution is 8.00. The molecule has 1 aromatic heterocycles. The summed E-state index contributed by atoms with van der Waals surface area (Å²) in [4.78, 5) is 15.7. The number of thioether (sulfide) groups is 1. The van der Waals surface area contributed by atoms with Gasteiger partial charge in [-0.2, -0.15) is 5.26 Å². The van der Waals surface area contributed by atoms with Crippen molar-refractivity contribution in [3.05, 3.63) is 51.9 Å². The van der Waals surface area contributed by atoms with Gasteiger partial charge in [0, 0.05) is 20.9 Å². The molecular weight excluding hydrogens is 280 g/mol. The Morgan fingerprint density at radius 2 is 1.81 bits per heavy atom. The summed E-state index contributed by atoms with van der Waals surface area (Å²) in [7, 11) is 0. The molecule has 0 bridgehead atoms. The second-order valence-corrected chi connectivity index (χ2v) is 7.82. The fourth-order valence-corrected chi connectivity index (χ4v) is 3.06. The number of nitriles is 1. The number of hydrogen-bond donors (Lipinski definition) is 1. The number of pyridine rings is 1. The molecule has 0 amide bonds. The minimum absolute atomic E-state index is 0.153. The molecule has 0 saturated heterocycles. The average Bonchev–Trinajstić information content (AvgIpc) is 2.37. The number of H-pyrrole nitrogens is 1. The smallest absolute Gasteiger partial charge is 0.266 e. The second kappa shape index (κ2) is 5.79. The highest BCUT2D eigenvalue weighted by atomic mass is 32.2. The molecule has 2 rings (SSSR count). The zero-order valence-corrected chi connectivity index (χ0v) is 13.5. The van der Waals surface area contributed by atoms with E-state index in [2.05, 4.69) is 25.8 Å². The van der Waals surface area contributed by atoms with Gasteiger partial charge in [0.25, 0.3) is 5.56 Å². The van der Waals surface area contributed by atoms with Crippen molar-refractivity contribution in [1.82, 2.24) is 4.98 Å². The van der Waals surface area contributed by atoms with Crippen LogP contribution in [0, 0.1) is 18.3 Å². The molecule has 0 saturated carbocycles. The van der Waals surface area contributed by atoms with Crippen LogP contribution < -0.4 is 5.56 Å². The Bertz CT molecular complexity index is 746. The Morgan fingerprint density at radius 1 is 1.19 bits per heavy atom. The molecular formula is C17H18N2OS. The van der Waals surface area contributed by atoms with Gasteiger partial charge in [-0.25, -0.2) is 0 Å². The molecule has 0 radical (unpaired) electrons. The molecule has 21 heavy (non-hydrogen) atoms. The molecule has 1 heterocycles. The number of rotatable bonds is 2. The van der Waals surface area contributed by atoms with Crippen LogP contribution in [0.15, 0.2) is 40.0 Å². The molecule has 0 atom stereocenters. The van der Waals surface area contributed by atoms with Gasteiger partial charge in [0.1, 0.15) is 11.6 Å². The molecule has 0 aliphatic heterocycles. The third kappa shape index (κ3) is 3.77. The molecule has 1 N–H and O–H groups in total. The van der Waals surface area contributed by atoms with Crippen LogP contribution in [0.1, 0.15) is 32.0 Å². The van der Waals surface area contributed by atoms with E-state index in [-0.39, 0.29) is 15.9 Å². The van der Waals surface area contributed by atoms with E-state index in [1.165, 1.54) is 4.90 Å². The lowest BCUT2D eigenvalue weighted by Gasteiger charge is -2.17. The van der Waals surface area contributed by atoms with E-state index in [1.807, 2.05) is 43.3 Å². The van der Waals surface area contributed by atoms with E-state index >= 15 is 0 Å². The Morgan fingerprint density at radius 3 is 2.33 bits per heavy atom. The zero-order chi connectivity index (χ0) is 15.6. The minimum Gasteiger partial charge on any atom is -0.325 e. The van der Waals surface area contributed by atoms with Gasteiger partial charge >= 0.3 is 0 Å². The maximum absolute atomic E-state index is 11.8. The normalized spacial score (nSPS) is 11.2. The summed E-state index contributed by atoms with van der Waals surface area (Å²) in [6.45, 7) is 8.31. The summed E-state index contributed by atoms with van der Waals surface area (Å²) in [5.41, 5.74) is 2.16. The summed E-state index contributed by atoms with van der Waals surface area (Å²) in [5, 5.41) is 9.18. The first-order chi connectivity index (χ1) is 9.80. The summed E-state index contributed by atoms with van der Waals surface area (Å²) in [5.74, 6) is 0. The Hall–Kier alpha value is -1.99. The SMILES string of the molecule is Cc1cc(-c2ccc(SC(C)(C)C)cc2)c(C#N)c(=O)[nH]1. The van der Waals surface area contributed by atoms with Crippen molar-refractivity contribution in [3.8, 4) is 17.2 Å². The van der Waals surface area contributed by atoms with Crippen molar-refractivity contribution in [1.29, 1.82) is 5.26 Å². The van der Waals surface area contributed by atoms with E-state index in [4.69, 9.17) is 0 Å². The van der Waals surface area contributed by atoms with E-state index in [9.17, 15) is 10.1 Å². The van der Waals surface area contributed by atoms with Crippen molar-refractivity contribution >= 4 is 11.8 Å². The number of aromatic amines is 1. The van der Waals surface area contributed by atoms with Crippen LogP contribution in [0.5, 0.6) is 0 Å². The van der Waals surface area contributed by atoms with E-state index in [1.54, 1.807) is 11.8 Å². The third-order valence-electron chi connectivity index (χ3n) is 2.87. The van der Waals surface area contributed by atoms with Crippen LogP contribution in [0.2, 0.25) is 0 Å². The second-order valence-electron chi connectivity index (χ2n) is 5.92. The molecule has 3 nitrogen and oxygen atoms in total. The summed E-state index contributed by atoms with van der Waals surface area (Å²) in [6, 6.07) is 11.8. The van der Waals surface area contributed by atoms with Gasteiger partial charge < -0.3 is 4.98 Å². The number of hydrogen-bond acceptors (Lipinski definition) is 3. The molecule has 108 valence electrons. The van der Waals surface area contributed by atoms with E-state index in [0.717, 1.165) is 11.3 Å². The van der Waals surface area contributed by atoms with Crippen LogP contribution in [0.3, 0.4) is 0 Å². The van der Waals surface area contributed by atoms with E-state index < -0.39 is 0 Å². The van der Waals surface area contributed by atoms with Crippen molar-refractivity contribution in [2.24, 2.45) is 0 Å². The van der Waals surface area contributed by atoms with Crippen LogP contribution in [0.25, 0.3) is 11.1 Å². The number of aromatic nitrogens is 1. The van der Waals surface area contributed by atoms with E-state index in [0.29, 0.717) is 5.56 Å². The fraction of sp³-hybridized carbons (Fsp3) is 0.294. The first-order valence-electron chi connectivity index (χ1n) is 6.73. The van der Waals surface area contributed by atoms with Gasteiger partial charge in [-0.15, -0.1) is 11.8 Å². The summed E-state index contributed by atoms with van der Waals surface area (Å²) >= 11 is 1.79. The standard InChI is InChI=1S/C17H18N2OS/c1-11-9-14(15(10-18)16(20)19-11)12-5-7-13(8-6-12)21-17(2,3)4/h5-9H,1-4H3,(H,19,20). The third-order valence-corrected chi connectivity index (χ3v) is 3.99. The van der Waals surface area contributed by atoms with Crippen molar-refractivity contribution in [2.75, 3.05) is 0 Å². The molecule has 4 heteroatoms. The number of nitrogens with one attached hydrogen (secondary N) is 1.